The van der Waals surface area contributed by atoms with Crippen molar-refractivity contribution in [2.75, 3.05) is 4.90 Å². The second-order valence-electron chi connectivity index (χ2n) is 6.04. The lowest BCUT2D eigenvalue weighted by Crippen LogP contribution is -2.55. The molecule has 2 nitrogen and oxygen atoms in total. The van der Waals surface area contributed by atoms with Crippen molar-refractivity contribution < 1.29 is 17.6 Å². The highest BCUT2D eigenvalue weighted by molar-refractivity contribution is 5.53. The molecule has 0 aliphatic carbocycles. The van der Waals surface area contributed by atoms with Gasteiger partial charge in [-0.05, 0) is 50.3 Å². The number of nitrogens with zero attached hydrogens (tertiary/aromatic N) is 1. The van der Waals surface area contributed by atoms with Crippen molar-refractivity contribution >= 4 is 5.69 Å². The molecule has 3 rings (SSSR count). The van der Waals surface area contributed by atoms with E-state index in [9.17, 15) is 17.6 Å². The minimum Gasteiger partial charge on any atom is -0.363 e. The Morgan fingerprint density at radius 1 is 1.10 bits per heavy atom. The molecule has 2 bridgehead atoms. The number of benzene rings is 1. The van der Waals surface area contributed by atoms with E-state index in [1.807, 2.05) is 4.90 Å². The van der Waals surface area contributed by atoms with E-state index in [2.05, 4.69) is 0 Å². The molecule has 2 atom stereocenters. The third kappa shape index (κ3) is 2.73. The predicted octanol–water partition coefficient (Wildman–Crippen LogP) is 3.69. The van der Waals surface area contributed by atoms with Gasteiger partial charge in [0.05, 0.1) is 11.3 Å². The first-order chi connectivity index (χ1) is 9.86. The summed E-state index contributed by atoms with van der Waals surface area (Å²) in [6.45, 7) is 0. The number of anilines is 1. The topological polar surface area (TPSA) is 29.3 Å². The number of piperidine rings is 2. The monoisotopic (exact) mass is 302 g/mol. The maximum absolute atomic E-state index is 14.1. The van der Waals surface area contributed by atoms with Gasteiger partial charge in [0, 0.05) is 18.1 Å². The van der Waals surface area contributed by atoms with E-state index in [0.29, 0.717) is 12.8 Å². The highest BCUT2D eigenvalue weighted by Gasteiger charge is 2.39. The number of fused-ring (bicyclic) bond motifs is 2. The number of alkyl halides is 3. The second kappa shape index (κ2) is 5.16. The molecule has 0 saturated carbocycles. The lowest BCUT2D eigenvalue weighted by Gasteiger charge is -2.49. The number of rotatable bonds is 1. The van der Waals surface area contributed by atoms with Crippen LogP contribution in [0.15, 0.2) is 18.2 Å². The van der Waals surface area contributed by atoms with Gasteiger partial charge in [0.2, 0.25) is 0 Å². The van der Waals surface area contributed by atoms with Crippen LogP contribution in [0, 0.1) is 5.82 Å². The molecule has 6 heteroatoms. The molecular formula is C15H18F4N2. The normalized spacial score (nSPS) is 29.6. The van der Waals surface area contributed by atoms with Crippen LogP contribution >= 0.6 is 0 Å². The van der Waals surface area contributed by atoms with Gasteiger partial charge in [-0.25, -0.2) is 4.39 Å². The Bertz CT molecular complexity index is 515. The minimum atomic E-state index is -4.45. The van der Waals surface area contributed by atoms with E-state index in [1.54, 1.807) is 0 Å². The molecular weight excluding hydrogens is 284 g/mol. The highest BCUT2D eigenvalue weighted by Crippen LogP contribution is 2.40. The first kappa shape index (κ1) is 14.6. The Labute approximate surface area is 120 Å². The van der Waals surface area contributed by atoms with Gasteiger partial charge in [-0.2, -0.15) is 13.2 Å². The number of halogens is 4. The molecule has 2 N–H and O–H groups in total. The Balaban J connectivity index is 1.99. The van der Waals surface area contributed by atoms with Crippen molar-refractivity contribution in [1.29, 1.82) is 0 Å². The fraction of sp³-hybridized carbons (Fsp3) is 0.600. The zero-order valence-corrected chi connectivity index (χ0v) is 11.5. The van der Waals surface area contributed by atoms with E-state index >= 15 is 0 Å². The summed E-state index contributed by atoms with van der Waals surface area (Å²) in [4.78, 5) is 1.84. The molecule has 0 radical (unpaired) electrons. The molecule has 2 unspecified atom stereocenters. The van der Waals surface area contributed by atoms with Gasteiger partial charge in [-0.15, -0.1) is 0 Å². The zero-order valence-electron chi connectivity index (χ0n) is 11.5. The fourth-order valence-electron chi connectivity index (χ4n) is 3.70. The summed E-state index contributed by atoms with van der Waals surface area (Å²) in [5, 5.41) is 0. The smallest absolute Gasteiger partial charge is 0.363 e. The van der Waals surface area contributed by atoms with E-state index in [0.717, 1.165) is 37.5 Å². The lowest BCUT2D eigenvalue weighted by atomic mass is 9.81. The van der Waals surface area contributed by atoms with Crippen molar-refractivity contribution in [3.8, 4) is 0 Å². The van der Waals surface area contributed by atoms with Crippen molar-refractivity contribution in [2.45, 2.75) is 56.4 Å². The van der Waals surface area contributed by atoms with Gasteiger partial charge < -0.3 is 10.6 Å². The zero-order chi connectivity index (χ0) is 15.2. The van der Waals surface area contributed by atoms with Crippen LogP contribution in [0.1, 0.15) is 37.7 Å². The van der Waals surface area contributed by atoms with Gasteiger partial charge >= 0.3 is 6.18 Å². The van der Waals surface area contributed by atoms with E-state index in [1.165, 1.54) is 0 Å². The van der Waals surface area contributed by atoms with Crippen LogP contribution in [0.25, 0.3) is 0 Å². The Morgan fingerprint density at radius 2 is 1.71 bits per heavy atom. The average molecular weight is 302 g/mol. The molecule has 2 aliphatic rings. The van der Waals surface area contributed by atoms with E-state index in [-0.39, 0.29) is 23.8 Å². The minimum absolute atomic E-state index is 0.0467. The fourth-order valence-corrected chi connectivity index (χ4v) is 3.70. The van der Waals surface area contributed by atoms with Crippen molar-refractivity contribution in [1.82, 2.24) is 0 Å². The maximum atomic E-state index is 14.1. The molecule has 21 heavy (non-hydrogen) atoms. The van der Waals surface area contributed by atoms with Crippen molar-refractivity contribution in [3.05, 3.63) is 29.6 Å². The van der Waals surface area contributed by atoms with Crippen molar-refractivity contribution in [2.24, 2.45) is 5.73 Å². The van der Waals surface area contributed by atoms with Crippen LogP contribution in [0.2, 0.25) is 0 Å². The van der Waals surface area contributed by atoms with Gasteiger partial charge in [0.25, 0.3) is 0 Å². The summed E-state index contributed by atoms with van der Waals surface area (Å²) < 4.78 is 52.7. The Morgan fingerprint density at radius 3 is 2.29 bits per heavy atom. The molecule has 2 aliphatic heterocycles. The third-order valence-corrected chi connectivity index (χ3v) is 4.56. The van der Waals surface area contributed by atoms with Crippen LogP contribution in [-0.4, -0.2) is 18.1 Å². The average Bonchev–Trinajstić information content (AvgIpc) is 2.37. The van der Waals surface area contributed by atoms with Crippen LogP contribution in [0.4, 0.5) is 23.2 Å². The second-order valence-corrected chi connectivity index (χ2v) is 6.04. The van der Waals surface area contributed by atoms with Gasteiger partial charge in [-0.3, -0.25) is 0 Å². The Kier molecular flexibility index (Phi) is 3.59. The van der Waals surface area contributed by atoms with Crippen LogP contribution in [0.3, 0.4) is 0 Å². The van der Waals surface area contributed by atoms with Crippen LogP contribution in [-0.2, 0) is 6.18 Å². The SMILES string of the molecule is NC1CC2CCCC(C1)N2c1cc(C(F)(F)F)ccc1F. The lowest BCUT2D eigenvalue weighted by molar-refractivity contribution is -0.137. The number of hydrogen-bond donors (Lipinski definition) is 1. The first-order valence-electron chi connectivity index (χ1n) is 7.27. The quantitative estimate of drug-likeness (QED) is 0.802. The molecule has 2 fully saturated rings. The van der Waals surface area contributed by atoms with E-state index < -0.39 is 17.6 Å². The first-order valence-corrected chi connectivity index (χ1v) is 7.27. The largest absolute Gasteiger partial charge is 0.416 e. The highest BCUT2D eigenvalue weighted by atomic mass is 19.4. The van der Waals surface area contributed by atoms with Crippen LogP contribution < -0.4 is 10.6 Å². The van der Waals surface area contributed by atoms with Gasteiger partial charge in [0.1, 0.15) is 5.82 Å². The molecule has 1 aromatic rings. The van der Waals surface area contributed by atoms with Gasteiger partial charge in [-0.1, -0.05) is 0 Å². The molecule has 2 heterocycles. The molecule has 0 spiro atoms. The van der Waals surface area contributed by atoms with Crippen molar-refractivity contribution in [3.63, 3.8) is 0 Å². The molecule has 0 amide bonds. The molecule has 0 aromatic heterocycles. The summed E-state index contributed by atoms with van der Waals surface area (Å²) in [6, 6.07) is 2.81. The molecule has 116 valence electrons. The Hall–Kier alpha value is -1.30. The summed E-state index contributed by atoms with van der Waals surface area (Å²) in [7, 11) is 0. The molecule has 1 aromatic carbocycles. The summed E-state index contributed by atoms with van der Waals surface area (Å²) in [6.07, 6.45) is -0.277. The molecule has 2 saturated heterocycles. The summed E-state index contributed by atoms with van der Waals surface area (Å²) in [5.41, 5.74) is 5.28. The van der Waals surface area contributed by atoms with Crippen LogP contribution in [0.5, 0.6) is 0 Å². The van der Waals surface area contributed by atoms with E-state index in [4.69, 9.17) is 5.73 Å². The maximum Gasteiger partial charge on any atom is 0.416 e. The predicted molar refractivity (Wildman–Crippen MR) is 72.5 cm³/mol. The number of nitrogens with two attached hydrogens (primary N) is 1. The third-order valence-electron chi connectivity index (χ3n) is 4.56. The number of hydrogen-bond acceptors (Lipinski definition) is 2. The summed E-state index contributed by atoms with van der Waals surface area (Å²) in [5.74, 6) is -0.588. The van der Waals surface area contributed by atoms with Gasteiger partial charge in [0.15, 0.2) is 0 Å². The summed E-state index contributed by atoms with van der Waals surface area (Å²) >= 11 is 0. The standard InChI is InChI=1S/C15H18F4N2/c16-13-5-4-9(15(17,18)19)6-14(13)21-11-2-1-3-12(21)8-10(20)7-11/h4-6,10-12H,1-3,7-8,20H2.